The SMILES string of the molecule is [B]C(=O)c1c(O)cccc1OC[C@@H]1COCCN1C(=O)C1CCCC=C1CCC. The van der Waals surface area contributed by atoms with Gasteiger partial charge in [0, 0.05) is 6.54 Å². The lowest BCUT2D eigenvalue weighted by atomic mass is 9.84. The third kappa shape index (κ3) is 5.02. The summed E-state index contributed by atoms with van der Waals surface area (Å²) >= 11 is 0. The number of phenolic OH excluding ortho intramolecular Hbond substituents is 1. The van der Waals surface area contributed by atoms with Crippen molar-refractivity contribution in [1.29, 1.82) is 0 Å². The monoisotopic (exact) mass is 397 g/mol. The van der Waals surface area contributed by atoms with E-state index in [4.69, 9.17) is 17.3 Å². The van der Waals surface area contributed by atoms with E-state index in [1.165, 1.54) is 11.6 Å². The normalized spacial score (nSPS) is 22.1. The Kier molecular flexibility index (Phi) is 7.37. The number of benzene rings is 1. The molecule has 2 atom stereocenters. The van der Waals surface area contributed by atoms with E-state index in [0.717, 1.165) is 32.1 Å². The van der Waals surface area contributed by atoms with Crippen LogP contribution >= 0.6 is 0 Å². The maximum Gasteiger partial charge on any atom is 0.230 e. The van der Waals surface area contributed by atoms with Gasteiger partial charge in [-0.25, -0.2) is 0 Å². The molecule has 7 heteroatoms. The van der Waals surface area contributed by atoms with Gasteiger partial charge in [-0.05, 0) is 37.8 Å². The molecule has 0 spiro atoms. The van der Waals surface area contributed by atoms with E-state index >= 15 is 0 Å². The van der Waals surface area contributed by atoms with E-state index in [1.807, 2.05) is 4.90 Å². The summed E-state index contributed by atoms with van der Waals surface area (Å²) in [7, 11) is 5.37. The predicted octanol–water partition coefficient (Wildman–Crippen LogP) is 2.83. The number of nitrogens with zero attached hydrogens (tertiary/aromatic N) is 1. The molecule has 2 aliphatic rings. The zero-order valence-electron chi connectivity index (χ0n) is 16.9. The van der Waals surface area contributed by atoms with Crippen LogP contribution in [0.4, 0.5) is 0 Å². The Hall–Kier alpha value is -2.28. The molecule has 0 aromatic heterocycles. The minimum Gasteiger partial charge on any atom is -0.507 e. The van der Waals surface area contributed by atoms with Crippen molar-refractivity contribution in [3.63, 3.8) is 0 Å². The first-order valence-electron chi connectivity index (χ1n) is 10.3. The number of rotatable bonds is 7. The Labute approximate surface area is 173 Å². The van der Waals surface area contributed by atoms with Crippen molar-refractivity contribution in [2.45, 2.75) is 45.1 Å². The Morgan fingerprint density at radius 3 is 2.97 bits per heavy atom. The van der Waals surface area contributed by atoms with Crippen LogP contribution in [0, 0.1) is 5.92 Å². The third-order valence-corrected chi connectivity index (χ3v) is 5.58. The van der Waals surface area contributed by atoms with E-state index in [9.17, 15) is 14.7 Å². The maximum atomic E-state index is 13.3. The number of aromatic hydroxyl groups is 1. The molecule has 29 heavy (non-hydrogen) atoms. The lowest BCUT2D eigenvalue weighted by molar-refractivity contribution is -0.144. The van der Waals surface area contributed by atoms with Gasteiger partial charge in [-0.3, -0.25) is 4.79 Å². The van der Waals surface area contributed by atoms with Gasteiger partial charge in [0.1, 0.15) is 23.8 Å². The smallest absolute Gasteiger partial charge is 0.230 e. The van der Waals surface area contributed by atoms with Crippen LogP contribution in [0.5, 0.6) is 11.5 Å². The van der Waals surface area contributed by atoms with Crippen molar-refractivity contribution in [1.82, 2.24) is 4.90 Å². The second-order valence-corrected chi connectivity index (χ2v) is 7.60. The topological polar surface area (TPSA) is 76.1 Å². The number of phenols is 1. The van der Waals surface area contributed by atoms with Crippen LogP contribution in [-0.2, 0) is 9.53 Å². The molecule has 3 rings (SSSR count). The molecule has 1 aromatic rings. The highest BCUT2D eigenvalue weighted by atomic mass is 16.5. The Morgan fingerprint density at radius 2 is 2.21 bits per heavy atom. The fourth-order valence-electron chi connectivity index (χ4n) is 4.14. The molecule has 1 heterocycles. The minimum absolute atomic E-state index is 0.0532. The first-order chi connectivity index (χ1) is 14.0. The van der Waals surface area contributed by atoms with Crippen molar-refractivity contribution >= 4 is 19.4 Å². The average Bonchev–Trinajstić information content (AvgIpc) is 2.72. The maximum absolute atomic E-state index is 13.3. The molecule has 0 saturated carbocycles. The summed E-state index contributed by atoms with van der Waals surface area (Å²) in [6, 6.07) is 4.29. The summed E-state index contributed by atoms with van der Waals surface area (Å²) in [5, 5.41) is 9.91. The van der Waals surface area contributed by atoms with Crippen molar-refractivity contribution < 1.29 is 24.2 Å². The minimum atomic E-state index is -0.762. The summed E-state index contributed by atoms with van der Waals surface area (Å²) in [4.78, 5) is 26.9. The highest BCUT2D eigenvalue weighted by molar-refractivity contribution is 6.63. The molecule has 1 saturated heterocycles. The molecule has 6 nitrogen and oxygen atoms in total. The summed E-state index contributed by atoms with van der Waals surface area (Å²) in [5.74, 6) is 0.0534. The molecule has 1 aliphatic carbocycles. The van der Waals surface area contributed by atoms with E-state index in [2.05, 4.69) is 13.0 Å². The van der Waals surface area contributed by atoms with Crippen LogP contribution < -0.4 is 4.74 Å². The van der Waals surface area contributed by atoms with Crippen LogP contribution in [0.25, 0.3) is 0 Å². The number of morpholine rings is 1. The van der Waals surface area contributed by atoms with Crippen LogP contribution in [0.1, 0.15) is 49.4 Å². The summed E-state index contributed by atoms with van der Waals surface area (Å²) in [6.45, 7) is 3.69. The molecule has 1 aromatic carbocycles. The van der Waals surface area contributed by atoms with E-state index in [-0.39, 0.29) is 41.5 Å². The predicted molar refractivity (Wildman–Crippen MR) is 110 cm³/mol. The first kappa shape index (κ1) is 21.4. The van der Waals surface area contributed by atoms with Crippen molar-refractivity contribution in [2.75, 3.05) is 26.4 Å². The lowest BCUT2D eigenvalue weighted by Gasteiger charge is -2.38. The van der Waals surface area contributed by atoms with Crippen molar-refractivity contribution in [2.24, 2.45) is 5.92 Å². The second kappa shape index (κ2) is 9.97. The van der Waals surface area contributed by atoms with E-state index in [0.29, 0.717) is 19.8 Å². The molecule has 0 bridgehead atoms. The zero-order valence-corrected chi connectivity index (χ0v) is 16.9. The number of hydrogen-bond acceptors (Lipinski definition) is 5. The molecule has 1 aliphatic heterocycles. The standard InChI is InChI=1S/C22H28BNO5/c1-2-6-15-7-3-4-8-17(15)22(27)24-11-12-28-13-16(24)14-29-19-10-5-9-18(25)20(19)21(23)26/h5,7,9-10,16-17,25H,2-4,6,8,11-14H2,1H3/t16-,17?/m0/s1. The van der Waals surface area contributed by atoms with Gasteiger partial charge in [-0.1, -0.05) is 31.1 Å². The number of amides is 1. The van der Waals surface area contributed by atoms with Crippen molar-refractivity contribution in [3.8, 4) is 11.5 Å². The van der Waals surface area contributed by atoms with Crippen LogP contribution in [0.15, 0.2) is 29.8 Å². The Balaban J connectivity index is 1.73. The average molecular weight is 397 g/mol. The van der Waals surface area contributed by atoms with Crippen LogP contribution in [0.3, 0.4) is 0 Å². The van der Waals surface area contributed by atoms with Gasteiger partial charge < -0.3 is 24.3 Å². The number of allylic oxidation sites excluding steroid dienone is 1. The Morgan fingerprint density at radius 1 is 1.38 bits per heavy atom. The zero-order chi connectivity index (χ0) is 20.8. The number of carbonyl (C=O) groups excluding carboxylic acids is 2. The summed E-state index contributed by atoms with van der Waals surface area (Å²) < 4.78 is 11.4. The molecule has 1 unspecified atom stereocenters. The van der Waals surface area contributed by atoms with Gasteiger partial charge in [-0.2, -0.15) is 0 Å². The highest BCUT2D eigenvalue weighted by Gasteiger charge is 2.34. The number of ether oxygens (including phenoxy) is 2. The molecular formula is C22H28BNO5. The quantitative estimate of drug-likeness (QED) is 0.566. The van der Waals surface area contributed by atoms with Gasteiger partial charge in [0.25, 0.3) is 0 Å². The fraction of sp³-hybridized carbons (Fsp3) is 0.545. The van der Waals surface area contributed by atoms with Gasteiger partial charge in [0.2, 0.25) is 5.91 Å². The van der Waals surface area contributed by atoms with Gasteiger partial charge in [0.05, 0.1) is 30.7 Å². The fourth-order valence-corrected chi connectivity index (χ4v) is 4.14. The third-order valence-electron chi connectivity index (χ3n) is 5.58. The second-order valence-electron chi connectivity index (χ2n) is 7.60. The molecule has 154 valence electrons. The summed E-state index contributed by atoms with van der Waals surface area (Å²) in [6.07, 6.45) is 7.16. The first-order valence-corrected chi connectivity index (χ1v) is 10.3. The highest BCUT2D eigenvalue weighted by Crippen LogP contribution is 2.31. The molecule has 2 radical (unpaired) electrons. The van der Waals surface area contributed by atoms with Crippen LogP contribution in [-0.4, -0.2) is 61.8 Å². The largest absolute Gasteiger partial charge is 0.507 e. The number of carbonyl (C=O) groups is 2. The lowest BCUT2D eigenvalue weighted by Crippen LogP contribution is -2.53. The molecule has 1 fully saturated rings. The van der Waals surface area contributed by atoms with E-state index in [1.54, 1.807) is 12.1 Å². The van der Waals surface area contributed by atoms with E-state index < -0.39 is 5.68 Å². The van der Waals surface area contributed by atoms with Gasteiger partial charge in [-0.15, -0.1) is 0 Å². The van der Waals surface area contributed by atoms with Gasteiger partial charge in [0.15, 0.2) is 7.85 Å². The summed E-state index contributed by atoms with van der Waals surface area (Å²) in [5.41, 5.74) is 0.434. The van der Waals surface area contributed by atoms with Crippen molar-refractivity contribution in [3.05, 3.63) is 35.4 Å². The van der Waals surface area contributed by atoms with Crippen LogP contribution in [0.2, 0.25) is 0 Å². The Bertz CT molecular complexity index is 778. The number of hydrogen-bond donors (Lipinski definition) is 1. The molecule has 1 amide bonds. The molecular weight excluding hydrogens is 369 g/mol. The molecule has 1 N–H and O–H groups in total. The van der Waals surface area contributed by atoms with Gasteiger partial charge >= 0.3 is 0 Å².